The minimum absolute atomic E-state index is 0.0899. The Morgan fingerprint density at radius 3 is 2.61 bits per heavy atom. The van der Waals surface area contributed by atoms with Crippen molar-refractivity contribution in [2.24, 2.45) is 0 Å². The number of anilines is 1. The van der Waals surface area contributed by atoms with Crippen LogP contribution in [0.5, 0.6) is 11.6 Å². The summed E-state index contributed by atoms with van der Waals surface area (Å²) in [5.41, 5.74) is 1.24. The zero-order chi connectivity index (χ0) is 19.3. The number of fused-ring (bicyclic) bond motifs is 1. The van der Waals surface area contributed by atoms with E-state index >= 15 is 0 Å². The molecule has 0 aliphatic rings. The zero-order valence-electron chi connectivity index (χ0n) is 14.6. The van der Waals surface area contributed by atoms with Gasteiger partial charge in [-0.1, -0.05) is 48.5 Å². The second-order valence-electron chi connectivity index (χ2n) is 5.91. The van der Waals surface area contributed by atoms with Gasteiger partial charge in [-0.2, -0.15) is 4.98 Å². The van der Waals surface area contributed by atoms with Crippen molar-refractivity contribution < 1.29 is 9.66 Å². The third-order valence-corrected chi connectivity index (χ3v) is 4.08. The Morgan fingerprint density at radius 2 is 1.79 bits per heavy atom. The van der Waals surface area contributed by atoms with Crippen LogP contribution in [0.25, 0.3) is 10.9 Å². The van der Waals surface area contributed by atoms with Crippen LogP contribution in [-0.2, 0) is 6.54 Å². The van der Waals surface area contributed by atoms with Crippen molar-refractivity contribution in [3.63, 3.8) is 0 Å². The van der Waals surface area contributed by atoms with Crippen LogP contribution in [0.4, 0.5) is 11.5 Å². The molecule has 0 amide bonds. The fourth-order valence-electron chi connectivity index (χ4n) is 2.78. The van der Waals surface area contributed by atoms with E-state index in [2.05, 4.69) is 20.3 Å². The van der Waals surface area contributed by atoms with Gasteiger partial charge in [0.1, 0.15) is 11.8 Å². The molecule has 0 saturated carbocycles. The lowest BCUT2D eigenvalue weighted by atomic mass is 10.2. The molecule has 0 unspecified atom stereocenters. The van der Waals surface area contributed by atoms with E-state index < -0.39 is 4.92 Å². The Labute approximate surface area is 160 Å². The van der Waals surface area contributed by atoms with Gasteiger partial charge in [-0.15, -0.1) is 0 Å². The number of para-hydroxylation sites is 1. The van der Waals surface area contributed by atoms with Crippen LogP contribution in [0.2, 0.25) is 0 Å². The van der Waals surface area contributed by atoms with E-state index in [0.29, 0.717) is 17.8 Å². The summed E-state index contributed by atoms with van der Waals surface area (Å²) in [7, 11) is 0. The topological polar surface area (TPSA) is 103 Å². The maximum absolute atomic E-state index is 11.7. The number of hydrogen-bond donors (Lipinski definition) is 1. The summed E-state index contributed by atoms with van der Waals surface area (Å²) in [6.45, 7) is 0.383. The van der Waals surface area contributed by atoms with Crippen molar-refractivity contribution in [1.29, 1.82) is 0 Å². The number of aromatic nitrogens is 3. The molecule has 138 valence electrons. The fourth-order valence-corrected chi connectivity index (χ4v) is 2.78. The van der Waals surface area contributed by atoms with E-state index in [9.17, 15) is 10.1 Å². The number of ether oxygens (including phenoxy) is 1. The van der Waals surface area contributed by atoms with Gasteiger partial charge in [-0.05, 0) is 17.7 Å². The molecular weight excluding hydrogens is 358 g/mol. The highest BCUT2D eigenvalue weighted by molar-refractivity contribution is 5.84. The number of hydrogen-bond acceptors (Lipinski definition) is 7. The van der Waals surface area contributed by atoms with Crippen molar-refractivity contribution >= 4 is 22.4 Å². The Bertz CT molecular complexity index is 1130. The monoisotopic (exact) mass is 373 g/mol. The first kappa shape index (κ1) is 17.3. The molecule has 8 heteroatoms. The largest absolute Gasteiger partial charge is 0.431 e. The van der Waals surface area contributed by atoms with E-state index in [1.165, 1.54) is 6.33 Å². The van der Waals surface area contributed by atoms with Crippen LogP contribution >= 0.6 is 0 Å². The highest BCUT2D eigenvalue weighted by Gasteiger charge is 2.25. The van der Waals surface area contributed by atoms with Gasteiger partial charge in [0.05, 0.1) is 4.92 Å². The summed E-state index contributed by atoms with van der Waals surface area (Å²) in [6.07, 6.45) is 2.87. The van der Waals surface area contributed by atoms with Crippen LogP contribution in [0, 0.1) is 10.1 Å². The third-order valence-electron chi connectivity index (χ3n) is 4.08. The van der Waals surface area contributed by atoms with Gasteiger partial charge < -0.3 is 10.1 Å². The Hall–Kier alpha value is -4.07. The molecule has 0 radical (unpaired) electrons. The molecule has 4 aromatic rings. The van der Waals surface area contributed by atoms with Crippen LogP contribution < -0.4 is 10.1 Å². The first-order chi connectivity index (χ1) is 13.7. The predicted octanol–water partition coefficient (Wildman–Crippen LogP) is 4.34. The average molecular weight is 373 g/mol. The van der Waals surface area contributed by atoms with E-state index in [-0.39, 0.29) is 17.4 Å². The molecule has 8 nitrogen and oxygen atoms in total. The number of nitrogens with zero attached hydrogens (tertiary/aromatic N) is 4. The minimum atomic E-state index is -0.554. The van der Waals surface area contributed by atoms with E-state index in [1.54, 1.807) is 18.3 Å². The summed E-state index contributed by atoms with van der Waals surface area (Å²) >= 11 is 0. The van der Waals surface area contributed by atoms with E-state index in [0.717, 1.165) is 10.9 Å². The van der Waals surface area contributed by atoms with E-state index in [4.69, 9.17) is 4.74 Å². The maximum atomic E-state index is 11.7. The Kier molecular flexibility index (Phi) is 4.75. The van der Waals surface area contributed by atoms with Crippen LogP contribution in [0.1, 0.15) is 5.56 Å². The van der Waals surface area contributed by atoms with Crippen molar-refractivity contribution in [3.05, 3.63) is 88.9 Å². The Balaban J connectivity index is 1.68. The van der Waals surface area contributed by atoms with Crippen molar-refractivity contribution in [2.45, 2.75) is 6.54 Å². The normalized spacial score (nSPS) is 10.6. The number of nitro groups is 1. The second kappa shape index (κ2) is 7.67. The lowest BCUT2D eigenvalue weighted by Crippen LogP contribution is -2.07. The number of pyridine rings is 1. The number of benzene rings is 2. The van der Waals surface area contributed by atoms with Gasteiger partial charge in [0.15, 0.2) is 5.75 Å². The average Bonchev–Trinajstić information content (AvgIpc) is 2.73. The SMILES string of the molecule is O=[N+]([O-])c1c(NCc2ccccc2)ncnc1Oc1cccc2cccnc12. The lowest BCUT2D eigenvalue weighted by molar-refractivity contribution is -0.385. The molecule has 0 atom stereocenters. The summed E-state index contributed by atoms with van der Waals surface area (Å²) in [5.74, 6) is 0.328. The molecule has 2 aromatic heterocycles. The predicted molar refractivity (Wildman–Crippen MR) is 104 cm³/mol. The summed E-state index contributed by atoms with van der Waals surface area (Å²) < 4.78 is 5.78. The molecule has 0 bridgehead atoms. The smallest absolute Gasteiger partial charge is 0.373 e. The molecule has 2 heterocycles. The van der Waals surface area contributed by atoms with Gasteiger partial charge >= 0.3 is 11.6 Å². The van der Waals surface area contributed by atoms with Crippen LogP contribution in [0.3, 0.4) is 0 Å². The van der Waals surface area contributed by atoms with E-state index in [1.807, 2.05) is 48.5 Å². The number of rotatable bonds is 6. The van der Waals surface area contributed by atoms with Crippen molar-refractivity contribution in [2.75, 3.05) is 5.32 Å². The third kappa shape index (κ3) is 3.56. The fraction of sp³-hybridized carbons (Fsp3) is 0.0500. The van der Waals surface area contributed by atoms with Crippen LogP contribution in [-0.4, -0.2) is 19.9 Å². The number of nitrogens with one attached hydrogen (secondary N) is 1. The first-order valence-electron chi connectivity index (χ1n) is 8.51. The summed E-state index contributed by atoms with van der Waals surface area (Å²) in [5, 5.41) is 15.5. The minimum Gasteiger partial charge on any atom is -0.431 e. The van der Waals surface area contributed by atoms with Gasteiger partial charge in [-0.3, -0.25) is 15.1 Å². The summed E-state index contributed by atoms with van der Waals surface area (Å²) in [6, 6.07) is 18.6. The first-order valence-corrected chi connectivity index (χ1v) is 8.51. The Morgan fingerprint density at radius 1 is 0.964 bits per heavy atom. The van der Waals surface area contributed by atoms with Gasteiger partial charge in [0.25, 0.3) is 0 Å². The molecule has 0 saturated heterocycles. The molecular formula is C20H15N5O3. The molecule has 0 fully saturated rings. The molecule has 2 aromatic carbocycles. The van der Waals surface area contributed by atoms with Crippen molar-refractivity contribution in [3.8, 4) is 11.6 Å². The molecule has 1 N–H and O–H groups in total. The van der Waals surface area contributed by atoms with Crippen molar-refractivity contribution in [1.82, 2.24) is 15.0 Å². The molecule has 0 aliphatic heterocycles. The summed E-state index contributed by atoms with van der Waals surface area (Å²) in [4.78, 5) is 23.4. The van der Waals surface area contributed by atoms with Gasteiger partial charge in [0.2, 0.25) is 5.82 Å². The highest BCUT2D eigenvalue weighted by Crippen LogP contribution is 2.36. The molecule has 0 aliphatic carbocycles. The molecule has 0 spiro atoms. The molecule has 28 heavy (non-hydrogen) atoms. The quantitative estimate of drug-likeness (QED) is 0.396. The standard InChI is InChI=1S/C20H15N5O3/c26-25(27)18-19(22-12-14-6-2-1-3-7-14)23-13-24-20(18)28-16-10-4-8-15-9-5-11-21-17(15)16/h1-11,13H,12H2,(H,22,23,24). The van der Waals surface area contributed by atoms with Gasteiger partial charge in [0, 0.05) is 18.1 Å². The highest BCUT2D eigenvalue weighted by atomic mass is 16.6. The second-order valence-corrected chi connectivity index (χ2v) is 5.91. The maximum Gasteiger partial charge on any atom is 0.373 e. The molecule has 4 rings (SSSR count). The zero-order valence-corrected chi connectivity index (χ0v) is 14.6. The lowest BCUT2D eigenvalue weighted by Gasteiger charge is -2.10. The van der Waals surface area contributed by atoms with Gasteiger partial charge in [-0.25, -0.2) is 4.98 Å². The van der Waals surface area contributed by atoms with Crippen LogP contribution in [0.15, 0.2) is 73.2 Å².